The minimum atomic E-state index is 0.534. The molecular formula is C13H20N2. The molecule has 2 nitrogen and oxygen atoms in total. The van der Waals surface area contributed by atoms with Crippen LogP contribution in [-0.2, 0) is 6.54 Å². The predicted molar refractivity (Wildman–Crippen MR) is 63.5 cm³/mol. The van der Waals surface area contributed by atoms with Crippen LogP contribution in [0.1, 0.15) is 37.4 Å². The predicted octanol–water partition coefficient (Wildman–Crippen LogP) is 2.30. The zero-order chi connectivity index (χ0) is 10.8. The maximum atomic E-state index is 5.70. The fourth-order valence-electron chi connectivity index (χ4n) is 2.51. The van der Waals surface area contributed by atoms with Crippen LogP contribution in [0.15, 0.2) is 24.3 Å². The summed E-state index contributed by atoms with van der Waals surface area (Å²) in [5.41, 5.74) is 8.66. The molecule has 1 atom stereocenters. The van der Waals surface area contributed by atoms with Gasteiger partial charge in [-0.15, -0.1) is 0 Å². The second kappa shape index (κ2) is 4.33. The van der Waals surface area contributed by atoms with Gasteiger partial charge in [0.1, 0.15) is 0 Å². The van der Waals surface area contributed by atoms with E-state index in [1.54, 1.807) is 0 Å². The van der Waals surface area contributed by atoms with Crippen molar-refractivity contribution in [1.82, 2.24) is 4.90 Å². The van der Waals surface area contributed by atoms with Gasteiger partial charge in [0.2, 0.25) is 0 Å². The van der Waals surface area contributed by atoms with Gasteiger partial charge in [0.15, 0.2) is 0 Å². The van der Waals surface area contributed by atoms with E-state index in [1.165, 1.54) is 11.1 Å². The monoisotopic (exact) mass is 204 g/mol. The van der Waals surface area contributed by atoms with E-state index in [-0.39, 0.29) is 0 Å². The summed E-state index contributed by atoms with van der Waals surface area (Å²) in [5, 5.41) is 0. The summed E-state index contributed by atoms with van der Waals surface area (Å²) in [6.07, 6.45) is 1.06. The molecule has 1 unspecified atom stereocenters. The van der Waals surface area contributed by atoms with Crippen molar-refractivity contribution < 1.29 is 0 Å². The summed E-state index contributed by atoms with van der Waals surface area (Å²) in [7, 11) is 0. The molecule has 0 radical (unpaired) electrons. The molecule has 15 heavy (non-hydrogen) atoms. The van der Waals surface area contributed by atoms with Crippen LogP contribution < -0.4 is 5.73 Å². The minimum Gasteiger partial charge on any atom is -0.330 e. The van der Waals surface area contributed by atoms with Crippen LogP contribution in [0.2, 0.25) is 0 Å². The first-order chi connectivity index (χ1) is 7.24. The number of rotatable bonds is 3. The first-order valence-corrected chi connectivity index (χ1v) is 5.77. The molecule has 0 saturated heterocycles. The summed E-state index contributed by atoms with van der Waals surface area (Å²) in [5.74, 6) is 0. The fourth-order valence-corrected chi connectivity index (χ4v) is 2.51. The standard InChI is InChI=1S/C13H20N2/c1-10(2)15-9-11-5-3-4-6-12(11)13(15)7-8-14/h3-6,10,13H,7-9,14H2,1-2H3. The van der Waals surface area contributed by atoms with Gasteiger partial charge >= 0.3 is 0 Å². The molecule has 0 aromatic heterocycles. The van der Waals surface area contributed by atoms with Crippen molar-refractivity contribution in [2.75, 3.05) is 6.54 Å². The van der Waals surface area contributed by atoms with E-state index in [0.29, 0.717) is 12.1 Å². The lowest BCUT2D eigenvalue weighted by Crippen LogP contribution is -2.30. The molecule has 0 aliphatic carbocycles. The molecule has 0 spiro atoms. The van der Waals surface area contributed by atoms with E-state index in [0.717, 1.165) is 19.5 Å². The van der Waals surface area contributed by atoms with Gasteiger partial charge in [-0.05, 0) is 37.9 Å². The lowest BCUT2D eigenvalue weighted by Gasteiger charge is -2.28. The van der Waals surface area contributed by atoms with Gasteiger partial charge in [-0.3, -0.25) is 4.90 Å². The highest BCUT2D eigenvalue weighted by Gasteiger charge is 2.30. The Hall–Kier alpha value is -0.860. The first kappa shape index (κ1) is 10.7. The molecular weight excluding hydrogens is 184 g/mol. The smallest absolute Gasteiger partial charge is 0.0369 e. The molecule has 2 heteroatoms. The molecule has 1 aromatic carbocycles. The Kier molecular flexibility index (Phi) is 3.08. The molecule has 2 N–H and O–H groups in total. The maximum Gasteiger partial charge on any atom is 0.0369 e. The van der Waals surface area contributed by atoms with Crippen LogP contribution in [0, 0.1) is 0 Å². The second-order valence-electron chi connectivity index (χ2n) is 4.56. The number of hydrogen-bond donors (Lipinski definition) is 1. The fraction of sp³-hybridized carbons (Fsp3) is 0.538. The van der Waals surface area contributed by atoms with Gasteiger partial charge in [0.05, 0.1) is 0 Å². The van der Waals surface area contributed by atoms with Crippen LogP contribution in [0.3, 0.4) is 0 Å². The third-order valence-electron chi connectivity index (χ3n) is 3.27. The van der Waals surface area contributed by atoms with Crippen molar-refractivity contribution in [2.45, 2.75) is 38.9 Å². The molecule has 0 fully saturated rings. The third-order valence-corrected chi connectivity index (χ3v) is 3.27. The van der Waals surface area contributed by atoms with Gasteiger partial charge in [-0.2, -0.15) is 0 Å². The van der Waals surface area contributed by atoms with Gasteiger partial charge < -0.3 is 5.73 Å². The highest BCUT2D eigenvalue weighted by Crippen LogP contribution is 2.36. The Morgan fingerprint density at radius 2 is 2.13 bits per heavy atom. The average molecular weight is 204 g/mol. The largest absolute Gasteiger partial charge is 0.330 e. The van der Waals surface area contributed by atoms with Gasteiger partial charge in [-0.1, -0.05) is 24.3 Å². The van der Waals surface area contributed by atoms with Crippen LogP contribution in [0.5, 0.6) is 0 Å². The van der Waals surface area contributed by atoms with E-state index in [1.807, 2.05) is 0 Å². The van der Waals surface area contributed by atoms with Gasteiger partial charge in [-0.25, -0.2) is 0 Å². The number of benzene rings is 1. The Labute approximate surface area is 92.1 Å². The van der Waals surface area contributed by atoms with Gasteiger partial charge in [0, 0.05) is 18.6 Å². The molecule has 82 valence electrons. The lowest BCUT2D eigenvalue weighted by atomic mass is 10.0. The zero-order valence-corrected chi connectivity index (χ0v) is 9.61. The highest BCUT2D eigenvalue weighted by atomic mass is 15.2. The Balaban J connectivity index is 2.29. The van der Waals surface area contributed by atoms with E-state index >= 15 is 0 Å². The summed E-state index contributed by atoms with van der Waals surface area (Å²) >= 11 is 0. The summed E-state index contributed by atoms with van der Waals surface area (Å²) in [6, 6.07) is 9.87. The SMILES string of the molecule is CC(C)N1Cc2ccccc2C1CCN. The van der Waals surface area contributed by atoms with Crippen LogP contribution in [-0.4, -0.2) is 17.5 Å². The Morgan fingerprint density at radius 1 is 1.40 bits per heavy atom. The molecule has 1 aliphatic heterocycles. The van der Waals surface area contributed by atoms with E-state index in [4.69, 9.17) is 5.73 Å². The van der Waals surface area contributed by atoms with Crippen molar-refractivity contribution in [2.24, 2.45) is 5.73 Å². The Bertz CT molecular complexity index is 333. The quantitative estimate of drug-likeness (QED) is 0.818. The van der Waals surface area contributed by atoms with Crippen LogP contribution in [0.4, 0.5) is 0 Å². The molecule has 0 bridgehead atoms. The van der Waals surface area contributed by atoms with E-state index in [2.05, 4.69) is 43.0 Å². The topological polar surface area (TPSA) is 29.3 Å². The zero-order valence-electron chi connectivity index (χ0n) is 9.61. The molecule has 0 amide bonds. The molecule has 1 aromatic rings. The summed E-state index contributed by atoms with van der Waals surface area (Å²) in [4.78, 5) is 2.54. The van der Waals surface area contributed by atoms with Gasteiger partial charge in [0.25, 0.3) is 0 Å². The molecule has 1 heterocycles. The van der Waals surface area contributed by atoms with E-state index < -0.39 is 0 Å². The Morgan fingerprint density at radius 3 is 2.80 bits per heavy atom. The number of nitrogens with zero attached hydrogens (tertiary/aromatic N) is 1. The van der Waals surface area contributed by atoms with Crippen LogP contribution >= 0.6 is 0 Å². The summed E-state index contributed by atoms with van der Waals surface area (Å²) < 4.78 is 0. The maximum absolute atomic E-state index is 5.70. The lowest BCUT2D eigenvalue weighted by molar-refractivity contribution is 0.162. The number of hydrogen-bond acceptors (Lipinski definition) is 2. The third kappa shape index (κ3) is 1.92. The van der Waals surface area contributed by atoms with Crippen molar-refractivity contribution in [3.8, 4) is 0 Å². The van der Waals surface area contributed by atoms with E-state index in [9.17, 15) is 0 Å². The first-order valence-electron chi connectivity index (χ1n) is 5.77. The van der Waals surface area contributed by atoms with Crippen LogP contribution in [0.25, 0.3) is 0 Å². The van der Waals surface area contributed by atoms with Crippen molar-refractivity contribution in [3.05, 3.63) is 35.4 Å². The number of nitrogens with two attached hydrogens (primary N) is 1. The second-order valence-corrected chi connectivity index (χ2v) is 4.56. The highest BCUT2D eigenvalue weighted by molar-refractivity contribution is 5.34. The van der Waals surface area contributed by atoms with Crippen molar-refractivity contribution in [3.63, 3.8) is 0 Å². The molecule has 1 aliphatic rings. The molecule has 0 saturated carbocycles. The molecule has 2 rings (SSSR count). The summed E-state index contributed by atoms with van der Waals surface area (Å²) in [6.45, 7) is 6.37. The normalized spacial score (nSPS) is 20.9. The average Bonchev–Trinajstić information content (AvgIpc) is 2.58. The van der Waals surface area contributed by atoms with Crippen molar-refractivity contribution >= 4 is 0 Å². The minimum absolute atomic E-state index is 0.534. The number of fused-ring (bicyclic) bond motifs is 1. The van der Waals surface area contributed by atoms with Crippen molar-refractivity contribution in [1.29, 1.82) is 0 Å².